The molecule has 1 aromatic rings. The van der Waals surface area contributed by atoms with Crippen molar-refractivity contribution >= 4 is 0 Å². The fourth-order valence-corrected chi connectivity index (χ4v) is 4.78. The summed E-state index contributed by atoms with van der Waals surface area (Å²) in [5, 5.41) is 10.4. The zero-order chi connectivity index (χ0) is 11.4. The highest BCUT2D eigenvalue weighted by Crippen LogP contribution is 2.70. The molecule has 0 saturated heterocycles. The lowest BCUT2D eigenvalue weighted by Gasteiger charge is -2.14. The summed E-state index contributed by atoms with van der Waals surface area (Å²) in [5.74, 6) is 4.24. The molecule has 0 radical (unpaired) electrons. The third-order valence-electron chi connectivity index (χ3n) is 5.38. The van der Waals surface area contributed by atoms with Crippen LogP contribution in [0.3, 0.4) is 0 Å². The van der Waals surface area contributed by atoms with Gasteiger partial charge < -0.3 is 5.11 Å². The van der Waals surface area contributed by atoms with Crippen molar-refractivity contribution in [1.29, 1.82) is 0 Å². The fourth-order valence-electron chi connectivity index (χ4n) is 4.78. The van der Waals surface area contributed by atoms with Crippen molar-refractivity contribution in [2.75, 3.05) is 0 Å². The normalized spacial score (nSPS) is 43.5. The van der Waals surface area contributed by atoms with Crippen molar-refractivity contribution in [2.45, 2.75) is 31.8 Å². The molecule has 1 aromatic heterocycles. The molecule has 3 aliphatic rings. The molecule has 2 nitrogen and oxygen atoms in total. The molecule has 2 bridgehead atoms. The summed E-state index contributed by atoms with van der Waals surface area (Å²) in [6, 6.07) is 5.96. The van der Waals surface area contributed by atoms with Crippen LogP contribution < -0.4 is 0 Å². The minimum absolute atomic E-state index is 0.150. The van der Waals surface area contributed by atoms with Gasteiger partial charge in [0.25, 0.3) is 0 Å². The van der Waals surface area contributed by atoms with E-state index >= 15 is 0 Å². The molecule has 3 fully saturated rings. The standard InChI is InChI=1S/C15H19NO/c17-12(8-11-3-1-2-6-16-11)15-13-9-4-5-10(7-9)14(13)15/h1-3,6,9-10,12-15,17H,4-5,7-8H2. The molecule has 0 spiro atoms. The van der Waals surface area contributed by atoms with Gasteiger partial charge >= 0.3 is 0 Å². The number of fused-ring (bicyclic) bond motifs is 5. The van der Waals surface area contributed by atoms with Gasteiger partial charge in [-0.25, -0.2) is 0 Å². The first-order valence-electron chi connectivity index (χ1n) is 6.92. The zero-order valence-electron chi connectivity index (χ0n) is 10.00. The van der Waals surface area contributed by atoms with Gasteiger partial charge in [0.2, 0.25) is 0 Å². The van der Waals surface area contributed by atoms with Crippen molar-refractivity contribution in [3.8, 4) is 0 Å². The minimum atomic E-state index is -0.150. The smallest absolute Gasteiger partial charge is 0.0629 e. The van der Waals surface area contributed by atoms with E-state index in [9.17, 15) is 5.11 Å². The number of aliphatic hydroxyl groups is 1. The van der Waals surface area contributed by atoms with Crippen LogP contribution in [0.2, 0.25) is 0 Å². The van der Waals surface area contributed by atoms with Crippen molar-refractivity contribution in [3.05, 3.63) is 30.1 Å². The number of aliphatic hydroxyl groups excluding tert-OH is 1. The summed E-state index contributed by atoms with van der Waals surface area (Å²) < 4.78 is 0. The fraction of sp³-hybridized carbons (Fsp3) is 0.667. The van der Waals surface area contributed by atoms with Crippen LogP contribution in [0.25, 0.3) is 0 Å². The van der Waals surface area contributed by atoms with E-state index in [0.717, 1.165) is 35.8 Å². The summed E-state index contributed by atoms with van der Waals surface area (Å²) in [6.45, 7) is 0. The van der Waals surface area contributed by atoms with E-state index in [1.807, 2.05) is 24.4 Å². The van der Waals surface area contributed by atoms with Crippen LogP contribution in [0.1, 0.15) is 25.0 Å². The lowest BCUT2D eigenvalue weighted by Crippen LogP contribution is -2.18. The first-order valence-corrected chi connectivity index (χ1v) is 6.92. The molecule has 17 heavy (non-hydrogen) atoms. The Hall–Kier alpha value is -0.890. The molecule has 1 heterocycles. The van der Waals surface area contributed by atoms with Gasteiger partial charge in [-0.2, -0.15) is 0 Å². The SMILES string of the molecule is OC(Cc1ccccn1)C1C2C3CCC(C3)C12. The second-order valence-corrected chi connectivity index (χ2v) is 6.16. The zero-order valence-corrected chi connectivity index (χ0v) is 10.00. The Bertz CT molecular complexity index is 402. The second-order valence-electron chi connectivity index (χ2n) is 6.16. The highest BCUT2D eigenvalue weighted by atomic mass is 16.3. The van der Waals surface area contributed by atoms with Gasteiger partial charge in [0.15, 0.2) is 0 Å². The maximum Gasteiger partial charge on any atom is 0.0629 e. The van der Waals surface area contributed by atoms with Gasteiger partial charge in [-0.3, -0.25) is 4.98 Å². The molecule has 3 saturated carbocycles. The molecular weight excluding hydrogens is 210 g/mol. The van der Waals surface area contributed by atoms with E-state index in [-0.39, 0.29) is 6.10 Å². The Morgan fingerprint density at radius 1 is 1.24 bits per heavy atom. The Morgan fingerprint density at radius 2 is 2.00 bits per heavy atom. The molecule has 3 aliphatic carbocycles. The highest BCUT2D eigenvalue weighted by Gasteiger charge is 2.66. The van der Waals surface area contributed by atoms with E-state index in [1.54, 1.807) is 0 Å². The molecule has 5 atom stereocenters. The van der Waals surface area contributed by atoms with E-state index in [0.29, 0.717) is 5.92 Å². The maximum absolute atomic E-state index is 10.4. The summed E-state index contributed by atoms with van der Waals surface area (Å²) in [7, 11) is 0. The molecule has 0 amide bonds. The number of pyridine rings is 1. The van der Waals surface area contributed by atoms with Gasteiger partial charge in [-0.1, -0.05) is 6.07 Å². The highest BCUT2D eigenvalue weighted by molar-refractivity contribution is 5.16. The van der Waals surface area contributed by atoms with E-state index < -0.39 is 0 Å². The Balaban J connectivity index is 1.44. The Morgan fingerprint density at radius 3 is 2.65 bits per heavy atom. The minimum Gasteiger partial charge on any atom is -0.392 e. The second kappa shape index (κ2) is 3.55. The van der Waals surface area contributed by atoms with Gasteiger partial charge in [-0.15, -0.1) is 0 Å². The molecule has 2 heteroatoms. The van der Waals surface area contributed by atoms with Crippen molar-refractivity contribution in [2.24, 2.45) is 29.6 Å². The largest absolute Gasteiger partial charge is 0.392 e. The quantitative estimate of drug-likeness (QED) is 0.862. The third kappa shape index (κ3) is 1.46. The third-order valence-corrected chi connectivity index (χ3v) is 5.38. The van der Waals surface area contributed by atoms with Gasteiger partial charge in [0, 0.05) is 18.3 Å². The first kappa shape index (κ1) is 10.1. The average molecular weight is 229 g/mol. The topological polar surface area (TPSA) is 33.1 Å². The number of hydrogen-bond donors (Lipinski definition) is 1. The average Bonchev–Trinajstić information content (AvgIpc) is 2.80. The van der Waals surface area contributed by atoms with Crippen molar-refractivity contribution in [1.82, 2.24) is 4.98 Å². The van der Waals surface area contributed by atoms with Crippen LogP contribution in [0.5, 0.6) is 0 Å². The molecule has 5 unspecified atom stereocenters. The van der Waals surface area contributed by atoms with Crippen LogP contribution in [-0.2, 0) is 6.42 Å². The van der Waals surface area contributed by atoms with E-state index in [1.165, 1.54) is 19.3 Å². The molecule has 4 rings (SSSR count). The Kier molecular flexibility index (Phi) is 2.10. The molecule has 1 N–H and O–H groups in total. The van der Waals surface area contributed by atoms with Gasteiger partial charge in [-0.05, 0) is 61.0 Å². The van der Waals surface area contributed by atoms with Gasteiger partial charge in [0.1, 0.15) is 0 Å². The van der Waals surface area contributed by atoms with Crippen LogP contribution in [0.15, 0.2) is 24.4 Å². The van der Waals surface area contributed by atoms with E-state index in [2.05, 4.69) is 4.98 Å². The van der Waals surface area contributed by atoms with Gasteiger partial charge in [0.05, 0.1) is 6.10 Å². The maximum atomic E-state index is 10.4. The molecule has 0 aliphatic heterocycles. The van der Waals surface area contributed by atoms with Crippen LogP contribution in [0.4, 0.5) is 0 Å². The number of nitrogens with zero attached hydrogens (tertiary/aromatic N) is 1. The van der Waals surface area contributed by atoms with Crippen molar-refractivity contribution < 1.29 is 5.11 Å². The lowest BCUT2D eigenvalue weighted by atomic mass is 9.96. The van der Waals surface area contributed by atoms with Crippen LogP contribution in [-0.4, -0.2) is 16.2 Å². The summed E-state index contributed by atoms with van der Waals surface area (Å²) >= 11 is 0. The van der Waals surface area contributed by atoms with Crippen molar-refractivity contribution in [3.63, 3.8) is 0 Å². The monoisotopic (exact) mass is 229 g/mol. The predicted octanol–water partition coefficient (Wildman–Crippen LogP) is 2.28. The number of rotatable bonds is 3. The molecule has 90 valence electrons. The van der Waals surface area contributed by atoms with E-state index in [4.69, 9.17) is 0 Å². The van der Waals surface area contributed by atoms with Crippen LogP contribution in [0, 0.1) is 29.6 Å². The number of hydrogen-bond acceptors (Lipinski definition) is 2. The summed E-state index contributed by atoms with van der Waals surface area (Å²) in [4.78, 5) is 4.32. The Labute approximate surface area is 102 Å². The number of aromatic nitrogens is 1. The lowest BCUT2D eigenvalue weighted by molar-refractivity contribution is 0.127. The summed E-state index contributed by atoms with van der Waals surface area (Å²) in [5.41, 5.74) is 1.04. The molecular formula is C15H19NO. The summed E-state index contributed by atoms with van der Waals surface area (Å²) in [6.07, 6.45) is 6.74. The predicted molar refractivity (Wildman–Crippen MR) is 65.2 cm³/mol. The van der Waals surface area contributed by atoms with Crippen LogP contribution >= 0.6 is 0 Å². The first-order chi connectivity index (χ1) is 8.34. The molecule has 0 aromatic carbocycles.